The number of carbonyl (C=O) groups excluding carboxylic acids is 2. The first-order valence-electron chi connectivity index (χ1n) is 9.52. The molecule has 0 aliphatic carbocycles. The summed E-state index contributed by atoms with van der Waals surface area (Å²) in [6.07, 6.45) is 5.34. The molecule has 142 valence electrons. The Hall–Kier alpha value is -3.28. The molecule has 1 atom stereocenters. The smallest absolute Gasteiger partial charge is 0.272 e. The van der Waals surface area contributed by atoms with E-state index in [1.807, 2.05) is 35.2 Å². The van der Waals surface area contributed by atoms with Crippen molar-refractivity contribution in [1.29, 1.82) is 0 Å². The molecular formula is C22H22N4O2. The van der Waals surface area contributed by atoms with Crippen molar-refractivity contribution in [1.82, 2.24) is 14.9 Å². The number of amides is 2. The molecule has 1 unspecified atom stereocenters. The number of hydrogen-bond acceptors (Lipinski definition) is 4. The quantitative estimate of drug-likeness (QED) is 0.757. The number of fused-ring (bicyclic) bond motifs is 1. The molecule has 6 nitrogen and oxygen atoms in total. The molecule has 28 heavy (non-hydrogen) atoms. The van der Waals surface area contributed by atoms with Gasteiger partial charge in [0.15, 0.2) is 0 Å². The summed E-state index contributed by atoms with van der Waals surface area (Å²) in [6.45, 7) is 3.62. The van der Waals surface area contributed by atoms with Crippen LogP contribution in [0.4, 0.5) is 5.69 Å². The first-order valence-corrected chi connectivity index (χ1v) is 9.52. The number of likely N-dealkylation sites (tertiary alicyclic amines) is 1. The van der Waals surface area contributed by atoms with Gasteiger partial charge < -0.3 is 10.2 Å². The van der Waals surface area contributed by atoms with Crippen molar-refractivity contribution in [2.24, 2.45) is 5.92 Å². The Morgan fingerprint density at radius 3 is 2.82 bits per heavy atom. The van der Waals surface area contributed by atoms with Crippen molar-refractivity contribution in [3.05, 3.63) is 66.1 Å². The number of hydrogen-bond donors (Lipinski definition) is 1. The van der Waals surface area contributed by atoms with Crippen molar-refractivity contribution < 1.29 is 9.59 Å². The molecule has 0 saturated carbocycles. The van der Waals surface area contributed by atoms with Crippen molar-refractivity contribution in [3.63, 3.8) is 0 Å². The number of carbonyl (C=O) groups is 2. The molecule has 0 bridgehead atoms. The van der Waals surface area contributed by atoms with Gasteiger partial charge in [-0.25, -0.2) is 0 Å². The molecule has 3 aromatic rings. The van der Waals surface area contributed by atoms with Crippen LogP contribution in [-0.2, 0) is 0 Å². The molecule has 1 aromatic carbocycles. The third-order valence-electron chi connectivity index (χ3n) is 5.07. The number of benzene rings is 1. The van der Waals surface area contributed by atoms with E-state index in [-0.39, 0.29) is 11.8 Å². The van der Waals surface area contributed by atoms with Gasteiger partial charge >= 0.3 is 0 Å². The van der Waals surface area contributed by atoms with Gasteiger partial charge in [0.25, 0.3) is 11.8 Å². The normalized spacial score (nSPS) is 16.8. The second-order valence-electron chi connectivity index (χ2n) is 7.26. The van der Waals surface area contributed by atoms with Gasteiger partial charge in [-0.05, 0) is 43.0 Å². The van der Waals surface area contributed by atoms with Gasteiger partial charge in [0, 0.05) is 36.4 Å². The maximum absolute atomic E-state index is 12.8. The van der Waals surface area contributed by atoms with Crippen LogP contribution in [0.1, 0.15) is 40.6 Å². The van der Waals surface area contributed by atoms with Crippen LogP contribution in [0.15, 0.2) is 54.9 Å². The van der Waals surface area contributed by atoms with Gasteiger partial charge in [0.2, 0.25) is 0 Å². The van der Waals surface area contributed by atoms with E-state index >= 15 is 0 Å². The lowest BCUT2D eigenvalue weighted by molar-refractivity contribution is 0.0677. The predicted molar refractivity (Wildman–Crippen MR) is 108 cm³/mol. The topological polar surface area (TPSA) is 75.2 Å². The highest BCUT2D eigenvalue weighted by atomic mass is 16.2. The van der Waals surface area contributed by atoms with E-state index in [9.17, 15) is 9.59 Å². The molecule has 1 saturated heterocycles. The number of para-hydroxylation sites is 1. The third-order valence-corrected chi connectivity index (χ3v) is 5.07. The standard InChI is InChI=1S/C22H22N4O2/c1-15-5-4-12-26(14-15)22(28)19-13-17(9-11-23-19)21(27)25-18-8-2-6-16-7-3-10-24-20(16)18/h2-3,6-11,13,15H,4-5,12,14H2,1H3,(H,25,27). The Kier molecular flexibility index (Phi) is 5.02. The van der Waals surface area contributed by atoms with Crippen LogP contribution in [0, 0.1) is 5.92 Å². The second-order valence-corrected chi connectivity index (χ2v) is 7.26. The second kappa shape index (κ2) is 7.76. The monoisotopic (exact) mass is 374 g/mol. The molecule has 0 spiro atoms. The minimum absolute atomic E-state index is 0.118. The van der Waals surface area contributed by atoms with Gasteiger partial charge in [-0.3, -0.25) is 19.6 Å². The number of anilines is 1. The van der Waals surface area contributed by atoms with Crippen LogP contribution in [-0.4, -0.2) is 39.8 Å². The fourth-order valence-electron chi connectivity index (χ4n) is 3.62. The fourth-order valence-corrected chi connectivity index (χ4v) is 3.62. The van der Waals surface area contributed by atoms with Gasteiger partial charge in [-0.15, -0.1) is 0 Å². The Bertz CT molecular complexity index is 1030. The van der Waals surface area contributed by atoms with E-state index in [1.54, 1.807) is 18.3 Å². The average molecular weight is 374 g/mol. The molecule has 0 radical (unpaired) electrons. The Balaban J connectivity index is 1.55. The summed E-state index contributed by atoms with van der Waals surface area (Å²) >= 11 is 0. The minimum atomic E-state index is -0.290. The molecule has 3 heterocycles. The number of pyridine rings is 2. The van der Waals surface area contributed by atoms with E-state index < -0.39 is 0 Å². The number of rotatable bonds is 3. The molecule has 1 N–H and O–H groups in total. The van der Waals surface area contributed by atoms with E-state index in [0.29, 0.717) is 22.9 Å². The molecule has 2 amide bonds. The highest BCUT2D eigenvalue weighted by molar-refractivity contribution is 6.09. The summed E-state index contributed by atoms with van der Waals surface area (Å²) < 4.78 is 0. The van der Waals surface area contributed by atoms with Gasteiger partial charge in [0.1, 0.15) is 5.69 Å². The van der Waals surface area contributed by atoms with Crippen LogP contribution in [0.5, 0.6) is 0 Å². The molecule has 4 rings (SSSR count). The molecule has 1 fully saturated rings. The van der Waals surface area contributed by atoms with Crippen molar-refractivity contribution >= 4 is 28.4 Å². The Morgan fingerprint density at radius 1 is 1.11 bits per heavy atom. The largest absolute Gasteiger partial charge is 0.337 e. The van der Waals surface area contributed by atoms with Crippen LogP contribution in [0.25, 0.3) is 10.9 Å². The number of piperidine rings is 1. The number of aromatic nitrogens is 2. The zero-order chi connectivity index (χ0) is 19.5. The summed E-state index contributed by atoms with van der Waals surface area (Å²) in [4.78, 5) is 35.9. The maximum Gasteiger partial charge on any atom is 0.272 e. The number of nitrogens with zero attached hydrogens (tertiary/aromatic N) is 3. The van der Waals surface area contributed by atoms with Crippen LogP contribution in [0.3, 0.4) is 0 Å². The lowest BCUT2D eigenvalue weighted by atomic mass is 10.00. The Labute approximate surface area is 163 Å². The van der Waals surface area contributed by atoms with Gasteiger partial charge in [0.05, 0.1) is 11.2 Å². The highest BCUT2D eigenvalue weighted by Crippen LogP contribution is 2.22. The summed E-state index contributed by atoms with van der Waals surface area (Å²) in [5.74, 6) is 0.0812. The fraction of sp³-hybridized carbons (Fsp3) is 0.273. The van der Waals surface area contributed by atoms with E-state index in [1.165, 1.54) is 6.20 Å². The zero-order valence-electron chi connectivity index (χ0n) is 15.8. The molecule has 2 aromatic heterocycles. The SMILES string of the molecule is CC1CCCN(C(=O)c2cc(C(=O)Nc3cccc4cccnc34)ccn2)C1. The van der Waals surface area contributed by atoms with Crippen molar-refractivity contribution in [2.75, 3.05) is 18.4 Å². The van der Waals surface area contributed by atoms with Crippen molar-refractivity contribution in [2.45, 2.75) is 19.8 Å². The molecular weight excluding hydrogens is 352 g/mol. The summed E-state index contributed by atoms with van der Waals surface area (Å²) in [7, 11) is 0. The van der Waals surface area contributed by atoms with Crippen LogP contribution in [0.2, 0.25) is 0 Å². The van der Waals surface area contributed by atoms with Gasteiger partial charge in [-0.1, -0.05) is 25.1 Å². The highest BCUT2D eigenvalue weighted by Gasteiger charge is 2.23. The van der Waals surface area contributed by atoms with Crippen LogP contribution >= 0.6 is 0 Å². The van der Waals surface area contributed by atoms with E-state index in [2.05, 4.69) is 22.2 Å². The van der Waals surface area contributed by atoms with Gasteiger partial charge in [-0.2, -0.15) is 0 Å². The molecule has 1 aliphatic heterocycles. The van der Waals surface area contributed by atoms with Crippen LogP contribution < -0.4 is 5.32 Å². The van der Waals surface area contributed by atoms with E-state index in [4.69, 9.17) is 0 Å². The number of nitrogens with one attached hydrogen (secondary N) is 1. The molecule has 6 heteroatoms. The lowest BCUT2D eigenvalue weighted by Gasteiger charge is -2.30. The zero-order valence-corrected chi connectivity index (χ0v) is 15.8. The summed E-state index contributed by atoms with van der Waals surface area (Å²) in [5, 5.41) is 3.85. The van der Waals surface area contributed by atoms with E-state index in [0.717, 1.165) is 36.8 Å². The minimum Gasteiger partial charge on any atom is -0.337 e. The van der Waals surface area contributed by atoms with Crippen molar-refractivity contribution in [3.8, 4) is 0 Å². The first kappa shape index (κ1) is 18.1. The summed E-state index contributed by atoms with van der Waals surface area (Å²) in [5.41, 5.74) is 2.07. The molecule has 1 aliphatic rings. The summed E-state index contributed by atoms with van der Waals surface area (Å²) in [6, 6.07) is 12.6. The third kappa shape index (κ3) is 3.71. The predicted octanol–water partition coefficient (Wildman–Crippen LogP) is 3.75. The lowest BCUT2D eigenvalue weighted by Crippen LogP contribution is -2.39. The maximum atomic E-state index is 12.8. The Morgan fingerprint density at radius 2 is 1.96 bits per heavy atom. The average Bonchev–Trinajstić information content (AvgIpc) is 2.73. The first-order chi connectivity index (χ1) is 13.6.